The SMILES string of the molecule is CCCCCCCCCCCCCCCCCCCCCC(=O)O[C@H](COC(=O)CCCCCCCCCCCCC(C)CC)COP(=O)(O)OC[C@@H](O)COP(=O)(O)OC[C@@H](COC(=O)CCCCCCCCCCC(C)CC)OC(=O)CCCCCCCCCCCCC(C)C. The Morgan fingerprint density at radius 2 is 0.520 bits per heavy atom. The molecule has 19 heteroatoms. The zero-order valence-electron chi connectivity index (χ0n) is 64.3. The van der Waals surface area contributed by atoms with E-state index in [-0.39, 0.29) is 25.7 Å². The van der Waals surface area contributed by atoms with Gasteiger partial charge in [-0.3, -0.25) is 37.3 Å². The maximum absolute atomic E-state index is 13.1. The van der Waals surface area contributed by atoms with Gasteiger partial charge in [0.25, 0.3) is 0 Å². The van der Waals surface area contributed by atoms with Crippen LogP contribution in [0.25, 0.3) is 0 Å². The summed E-state index contributed by atoms with van der Waals surface area (Å²) < 4.78 is 68.7. The number of hydrogen-bond acceptors (Lipinski definition) is 15. The lowest BCUT2D eigenvalue weighted by Crippen LogP contribution is -2.30. The van der Waals surface area contributed by atoms with Gasteiger partial charge >= 0.3 is 39.5 Å². The van der Waals surface area contributed by atoms with Crippen LogP contribution in [-0.4, -0.2) is 96.7 Å². The summed E-state index contributed by atoms with van der Waals surface area (Å²) in [5.74, 6) is 0.225. The molecule has 17 nitrogen and oxygen atoms in total. The average Bonchev–Trinajstić information content (AvgIpc) is 0.999. The van der Waals surface area contributed by atoms with Crippen LogP contribution in [0.5, 0.6) is 0 Å². The van der Waals surface area contributed by atoms with Crippen molar-refractivity contribution >= 4 is 39.5 Å². The maximum Gasteiger partial charge on any atom is 0.472 e. The number of carbonyl (C=O) groups is 4. The molecule has 0 spiro atoms. The molecule has 98 heavy (non-hydrogen) atoms. The summed E-state index contributed by atoms with van der Waals surface area (Å²) in [5, 5.41) is 10.6. The van der Waals surface area contributed by atoms with Crippen LogP contribution >= 0.6 is 15.6 Å². The molecule has 0 bridgehead atoms. The van der Waals surface area contributed by atoms with E-state index in [1.54, 1.807) is 0 Å². The molecule has 0 aromatic heterocycles. The van der Waals surface area contributed by atoms with Crippen molar-refractivity contribution < 1.29 is 80.2 Å². The first-order valence-electron chi connectivity index (χ1n) is 40.9. The predicted molar refractivity (Wildman–Crippen MR) is 400 cm³/mol. The Hall–Kier alpha value is -1.94. The van der Waals surface area contributed by atoms with Crippen LogP contribution in [-0.2, 0) is 65.4 Å². The molecule has 0 saturated heterocycles. The van der Waals surface area contributed by atoms with Crippen molar-refractivity contribution in [2.45, 2.75) is 426 Å². The fourth-order valence-electron chi connectivity index (χ4n) is 12.1. The Labute approximate surface area is 600 Å². The van der Waals surface area contributed by atoms with Crippen LogP contribution in [0.4, 0.5) is 0 Å². The van der Waals surface area contributed by atoms with Gasteiger partial charge in [-0.2, -0.15) is 0 Å². The van der Waals surface area contributed by atoms with Crippen molar-refractivity contribution in [2.75, 3.05) is 39.6 Å². The molecule has 0 aliphatic heterocycles. The molecule has 0 saturated carbocycles. The third-order valence-corrected chi connectivity index (χ3v) is 21.0. The van der Waals surface area contributed by atoms with Crippen LogP contribution in [0.15, 0.2) is 0 Å². The van der Waals surface area contributed by atoms with Crippen LogP contribution in [0, 0.1) is 17.8 Å². The van der Waals surface area contributed by atoms with E-state index < -0.39 is 97.5 Å². The van der Waals surface area contributed by atoms with Gasteiger partial charge < -0.3 is 33.8 Å². The molecule has 0 aromatic carbocycles. The molecular weight excluding hydrogens is 1280 g/mol. The second-order valence-electron chi connectivity index (χ2n) is 29.4. The number of aliphatic hydroxyl groups is 1. The van der Waals surface area contributed by atoms with Crippen LogP contribution in [0.1, 0.15) is 408 Å². The molecule has 0 radical (unpaired) electrons. The highest BCUT2D eigenvalue weighted by Gasteiger charge is 2.30. The lowest BCUT2D eigenvalue weighted by Gasteiger charge is -2.21. The van der Waals surface area contributed by atoms with Gasteiger partial charge in [-0.1, -0.05) is 357 Å². The smallest absolute Gasteiger partial charge is 0.462 e. The van der Waals surface area contributed by atoms with Gasteiger partial charge in [-0.15, -0.1) is 0 Å². The number of phosphoric acid groups is 2. The van der Waals surface area contributed by atoms with Crippen molar-refractivity contribution in [3.8, 4) is 0 Å². The molecule has 0 aliphatic rings. The summed E-state index contributed by atoms with van der Waals surface area (Å²) >= 11 is 0. The number of esters is 4. The fraction of sp³-hybridized carbons (Fsp3) is 0.949. The van der Waals surface area contributed by atoms with Crippen LogP contribution in [0.2, 0.25) is 0 Å². The summed E-state index contributed by atoms with van der Waals surface area (Å²) in [5.41, 5.74) is 0. The maximum atomic E-state index is 13.1. The molecule has 0 heterocycles. The van der Waals surface area contributed by atoms with E-state index >= 15 is 0 Å². The number of aliphatic hydroxyl groups excluding tert-OH is 1. The molecule has 0 aliphatic carbocycles. The summed E-state index contributed by atoms with van der Waals surface area (Å²) in [4.78, 5) is 73.0. The van der Waals surface area contributed by atoms with Crippen molar-refractivity contribution in [3.63, 3.8) is 0 Å². The average molecular weight is 1440 g/mol. The zero-order chi connectivity index (χ0) is 72.3. The van der Waals surface area contributed by atoms with E-state index in [4.69, 9.17) is 37.0 Å². The first-order valence-corrected chi connectivity index (χ1v) is 43.9. The molecule has 4 unspecified atom stereocenters. The molecule has 3 N–H and O–H groups in total. The first-order chi connectivity index (χ1) is 47.3. The summed E-state index contributed by atoms with van der Waals surface area (Å²) in [6, 6.07) is 0. The third kappa shape index (κ3) is 69.8. The van der Waals surface area contributed by atoms with Crippen molar-refractivity contribution in [1.82, 2.24) is 0 Å². The normalized spacial score (nSPS) is 14.6. The van der Waals surface area contributed by atoms with Crippen LogP contribution in [0.3, 0.4) is 0 Å². The van der Waals surface area contributed by atoms with E-state index in [0.29, 0.717) is 25.7 Å². The highest BCUT2D eigenvalue weighted by molar-refractivity contribution is 7.47. The minimum atomic E-state index is -4.96. The lowest BCUT2D eigenvalue weighted by atomic mass is 9.99. The monoisotopic (exact) mass is 1440 g/mol. The summed E-state index contributed by atoms with van der Waals surface area (Å²) in [6.45, 7) is 11.9. The Bertz CT molecular complexity index is 1910. The highest BCUT2D eigenvalue weighted by Crippen LogP contribution is 2.45. The molecular formula is C79H154O17P2. The van der Waals surface area contributed by atoms with Crippen molar-refractivity contribution in [1.29, 1.82) is 0 Å². The largest absolute Gasteiger partial charge is 0.472 e. The van der Waals surface area contributed by atoms with Crippen molar-refractivity contribution in [2.24, 2.45) is 17.8 Å². The number of rotatable bonds is 77. The van der Waals surface area contributed by atoms with Gasteiger partial charge in [-0.25, -0.2) is 9.13 Å². The van der Waals surface area contributed by atoms with E-state index in [0.717, 1.165) is 108 Å². The fourth-order valence-corrected chi connectivity index (χ4v) is 13.6. The molecule has 0 amide bonds. The van der Waals surface area contributed by atoms with E-state index in [2.05, 4.69) is 48.5 Å². The number of phosphoric ester groups is 2. The van der Waals surface area contributed by atoms with Gasteiger partial charge in [0.1, 0.15) is 19.3 Å². The number of hydrogen-bond donors (Lipinski definition) is 3. The third-order valence-electron chi connectivity index (χ3n) is 19.1. The second-order valence-corrected chi connectivity index (χ2v) is 32.3. The Morgan fingerprint density at radius 3 is 0.776 bits per heavy atom. The van der Waals surface area contributed by atoms with E-state index in [1.807, 2.05) is 0 Å². The minimum absolute atomic E-state index is 0.105. The number of unbranched alkanes of at least 4 members (excludes halogenated alkanes) is 43. The Kier molecular flexibility index (Phi) is 68.1. The standard InChI is InChI=1S/C79H154O17P2/c1-8-11-12-13-14-15-16-17-18-19-20-21-22-23-24-32-41-48-55-62-78(83)95-74(66-89-76(81)60-53-46-39-31-28-26-30-37-44-51-58-71(6)9-2)68-93-97(85,86)91-64-73(80)65-92-98(87,88)94-69-75(67-90-77(82)61-54-47-40-35-34-38-45-52-59-72(7)10-3)96-79(84)63-56-49-42-33-27-25-29-36-43-50-57-70(4)5/h70-75,80H,8-69H2,1-7H3,(H,85,86)(H,87,88)/t71?,72?,73-,74-,75-/m1/s1. The predicted octanol–water partition coefficient (Wildman–Crippen LogP) is 23.4. The summed E-state index contributed by atoms with van der Waals surface area (Å²) in [7, 11) is -9.92. The van der Waals surface area contributed by atoms with Gasteiger partial charge in [0, 0.05) is 25.7 Å². The summed E-state index contributed by atoms with van der Waals surface area (Å²) in [6.07, 6.45) is 56.7. The van der Waals surface area contributed by atoms with Crippen LogP contribution < -0.4 is 0 Å². The van der Waals surface area contributed by atoms with Crippen molar-refractivity contribution in [3.05, 3.63) is 0 Å². The molecule has 0 rings (SSSR count). The van der Waals surface area contributed by atoms with E-state index in [1.165, 1.54) is 218 Å². The van der Waals surface area contributed by atoms with Gasteiger partial charge in [-0.05, 0) is 43.4 Å². The molecule has 0 aromatic rings. The second kappa shape index (κ2) is 69.4. The van der Waals surface area contributed by atoms with Gasteiger partial charge in [0.15, 0.2) is 12.2 Å². The zero-order valence-corrected chi connectivity index (χ0v) is 66.0. The van der Waals surface area contributed by atoms with Gasteiger partial charge in [0.05, 0.1) is 26.4 Å². The topological polar surface area (TPSA) is 237 Å². The molecule has 582 valence electrons. The molecule has 7 atom stereocenters. The lowest BCUT2D eigenvalue weighted by molar-refractivity contribution is -0.161. The minimum Gasteiger partial charge on any atom is -0.462 e. The Balaban J connectivity index is 5.26. The van der Waals surface area contributed by atoms with Gasteiger partial charge in [0.2, 0.25) is 0 Å². The number of carbonyl (C=O) groups excluding carboxylic acids is 4. The Morgan fingerprint density at radius 1 is 0.296 bits per heavy atom. The molecule has 0 fully saturated rings. The highest BCUT2D eigenvalue weighted by atomic mass is 31.2. The quantitative estimate of drug-likeness (QED) is 0.0222. The first kappa shape index (κ1) is 96.1. The number of ether oxygens (including phenoxy) is 4. The van der Waals surface area contributed by atoms with E-state index in [9.17, 15) is 43.2 Å².